The number of piperidine rings is 1. The first-order valence-corrected chi connectivity index (χ1v) is 9.37. The van der Waals surface area contributed by atoms with Crippen LogP contribution in [0.3, 0.4) is 0 Å². The maximum absolute atomic E-state index is 12.1. The van der Waals surface area contributed by atoms with Crippen LogP contribution >= 0.6 is 0 Å². The molecular formula is C16H26N2O3S. The highest BCUT2D eigenvalue weighted by atomic mass is 32.2. The molecule has 0 aliphatic carbocycles. The first-order chi connectivity index (χ1) is 10.4. The zero-order chi connectivity index (χ0) is 16.2. The molecule has 6 heteroatoms. The minimum Gasteiger partial charge on any atom is -0.490 e. The van der Waals surface area contributed by atoms with Crippen LogP contribution in [-0.4, -0.2) is 38.0 Å². The second-order valence-electron chi connectivity index (χ2n) is 5.99. The Balaban J connectivity index is 1.89. The maximum atomic E-state index is 12.1. The maximum Gasteiger partial charge on any atom is 0.279 e. The fourth-order valence-corrected chi connectivity index (χ4v) is 4.03. The van der Waals surface area contributed by atoms with Crippen molar-refractivity contribution in [1.82, 2.24) is 9.03 Å². The van der Waals surface area contributed by atoms with Crippen LogP contribution in [0.1, 0.15) is 39.2 Å². The van der Waals surface area contributed by atoms with E-state index >= 15 is 0 Å². The van der Waals surface area contributed by atoms with Gasteiger partial charge in [0.25, 0.3) is 10.2 Å². The van der Waals surface area contributed by atoms with Gasteiger partial charge in [-0.2, -0.15) is 17.4 Å². The summed E-state index contributed by atoms with van der Waals surface area (Å²) in [5.74, 6) is 0.876. The molecule has 1 aliphatic heterocycles. The Morgan fingerprint density at radius 2 is 2.00 bits per heavy atom. The van der Waals surface area contributed by atoms with Crippen LogP contribution in [0.4, 0.5) is 0 Å². The molecule has 0 bridgehead atoms. The molecule has 0 radical (unpaired) electrons. The molecule has 0 atom stereocenters. The van der Waals surface area contributed by atoms with Gasteiger partial charge in [0.15, 0.2) is 0 Å². The number of hydrogen-bond donors (Lipinski definition) is 1. The number of aryl methyl sites for hydroxylation is 1. The van der Waals surface area contributed by atoms with Crippen molar-refractivity contribution in [3.8, 4) is 5.75 Å². The third kappa shape index (κ3) is 4.69. The van der Waals surface area contributed by atoms with E-state index in [1.165, 1.54) is 9.87 Å². The third-order valence-corrected chi connectivity index (χ3v) is 5.55. The van der Waals surface area contributed by atoms with Gasteiger partial charge in [0.1, 0.15) is 11.9 Å². The summed E-state index contributed by atoms with van der Waals surface area (Å²) in [5.41, 5.74) is 1.25. The summed E-state index contributed by atoms with van der Waals surface area (Å²) in [5, 5.41) is 0. The monoisotopic (exact) mass is 326 g/mol. The van der Waals surface area contributed by atoms with E-state index in [1.807, 2.05) is 26.0 Å². The Morgan fingerprint density at radius 3 is 2.59 bits per heavy atom. The number of rotatable bonds is 6. The van der Waals surface area contributed by atoms with Crippen molar-refractivity contribution in [3.05, 3.63) is 29.8 Å². The van der Waals surface area contributed by atoms with Crippen molar-refractivity contribution in [2.75, 3.05) is 13.1 Å². The average Bonchev–Trinajstić information content (AvgIpc) is 2.47. The summed E-state index contributed by atoms with van der Waals surface area (Å²) >= 11 is 0. The Hall–Kier alpha value is -1.11. The summed E-state index contributed by atoms with van der Waals surface area (Å²) in [6.45, 7) is 6.77. The summed E-state index contributed by atoms with van der Waals surface area (Å²) in [6.07, 6.45) is 2.50. The van der Waals surface area contributed by atoms with Crippen LogP contribution in [0.25, 0.3) is 0 Å². The topological polar surface area (TPSA) is 58.6 Å². The summed E-state index contributed by atoms with van der Waals surface area (Å²) in [4.78, 5) is 0. The third-order valence-electron chi connectivity index (χ3n) is 3.73. The molecule has 1 aromatic rings. The van der Waals surface area contributed by atoms with Gasteiger partial charge in [-0.3, -0.25) is 0 Å². The molecule has 1 aromatic carbocycles. The zero-order valence-corrected chi connectivity index (χ0v) is 14.4. The van der Waals surface area contributed by atoms with E-state index in [0.717, 1.165) is 25.0 Å². The Bertz CT molecular complexity index is 579. The van der Waals surface area contributed by atoms with Crippen LogP contribution in [0.5, 0.6) is 5.75 Å². The van der Waals surface area contributed by atoms with E-state index in [2.05, 4.69) is 23.8 Å². The van der Waals surface area contributed by atoms with Gasteiger partial charge in [-0.25, -0.2) is 0 Å². The first kappa shape index (κ1) is 17.2. The fraction of sp³-hybridized carbons (Fsp3) is 0.625. The van der Waals surface area contributed by atoms with E-state index in [4.69, 9.17) is 4.74 Å². The molecule has 2 rings (SSSR count). The normalized spacial score (nSPS) is 17.8. The average molecular weight is 326 g/mol. The van der Waals surface area contributed by atoms with Crippen molar-refractivity contribution in [2.45, 2.75) is 52.2 Å². The van der Waals surface area contributed by atoms with E-state index < -0.39 is 10.2 Å². The Morgan fingerprint density at radius 1 is 1.32 bits per heavy atom. The molecule has 124 valence electrons. The quantitative estimate of drug-likeness (QED) is 0.873. The van der Waals surface area contributed by atoms with Gasteiger partial charge in [0, 0.05) is 19.1 Å². The summed E-state index contributed by atoms with van der Waals surface area (Å²) in [6, 6.07) is 8.02. The van der Waals surface area contributed by atoms with Crippen LogP contribution in [0.15, 0.2) is 24.3 Å². The van der Waals surface area contributed by atoms with Gasteiger partial charge < -0.3 is 4.74 Å². The van der Waals surface area contributed by atoms with Crippen molar-refractivity contribution in [1.29, 1.82) is 0 Å². The summed E-state index contributed by atoms with van der Waals surface area (Å²) < 4.78 is 34.4. The van der Waals surface area contributed by atoms with Gasteiger partial charge in [-0.1, -0.05) is 19.1 Å². The lowest BCUT2D eigenvalue weighted by Crippen LogP contribution is -2.48. The molecule has 22 heavy (non-hydrogen) atoms. The van der Waals surface area contributed by atoms with E-state index in [-0.39, 0.29) is 12.1 Å². The molecule has 0 amide bonds. The SMILES string of the molecule is CCc1cccc(OC2CCN(S(=O)(=O)NC(C)C)CC2)c1. The molecule has 0 unspecified atom stereocenters. The Kier molecular flexibility index (Phi) is 5.83. The van der Waals surface area contributed by atoms with Crippen LogP contribution < -0.4 is 9.46 Å². The van der Waals surface area contributed by atoms with Crippen molar-refractivity contribution < 1.29 is 13.2 Å². The lowest BCUT2D eigenvalue weighted by molar-refractivity contribution is 0.134. The highest BCUT2D eigenvalue weighted by molar-refractivity contribution is 7.87. The summed E-state index contributed by atoms with van der Waals surface area (Å²) in [7, 11) is -3.36. The molecule has 1 fully saturated rings. The fourth-order valence-electron chi connectivity index (χ4n) is 2.59. The lowest BCUT2D eigenvalue weighted by atomic mass is 10.1. The van der Waals surface area contributed by atoms with Gasteiger partial charge in [-0.05, 0) is 50.8 Å². The minimum atomic E-state index is -3.36. The highest BCUT2D eigenvalue weighted by Gasteiger charge is 2.29. The van der Waals surface area contributed by atoms with Gasteiger partial charge in [0.2, 0.25) is 0 Å². The van der Waals surface area contributed by atoms with Crippen LogP contribution in [-0.2, 0) is 16.6 Å². The highest BCUT2D eigenvalue weighted by Crippen LogP contribution is 2.21. The molecule has 0 aromatic heterocycles. The number of hydrogen-bond acceptors (Lipinski definition) is 3. The van der Waals surface area contributed by atoms with Gasteiger partial charge in [-0.15, -0.1) is 0 Å². The first-order valence-electron chi connectivity index (χ1n) is 7.93. The Labute approximate surface area is 133 Å². The van der Waals surface area contributed by atoms with Crippen LogP contribution in [0.2, 0.25) is 0 Å². The van der Waals surface area contributed by atoms with E-state index in [1.54, 1.807) is 0 Å². The van der Waals surface area contributed by atoms with Crippen LogP contribution in [0, 0.1) is 0 Å². The molecule has 1 heterocycles. The molecule has 1 saturated heterocycles. The lowest BCUT2D eigenvalue weighted by Gasteiger charge is -2.32. The molecule has 1 N–H and O–H groups in total. The van der Waals surface area contributed by atoms with Crippen molar-refractivity contribution >= 4 is 10.2 Å². The van der Waals surface area contributed by atoms with Crippen molar-refractivity contribution in [3.63, 3.8) is 0 Å². The largest absolute Gasteiger partial charge is 0.490 e. The van der Waals surface area contributed by atoms with E-state index in [9.17, 15) is 8.42 Å². The predicted octanol–water partition coefficient (Wildman–Crippen LogP) is 2.33. The minimum absolute atomic E-state index is 0.0811. The standard InChI is InChI=1S/C16H26N2O3S/c1-4-14-6-5-7-16(12-14)21-15-8-10-18(11-9-15)22(19,20)17-13(2)3/h5-7,12-13,15,17H,4,8-11H2,1-3H3. The molecular weight excluding hydrogens is 300 g/mol. The molecule has 0 spiro atoms. The molecule has 0 saturated carbocycles. The second-order valence-corrected chi connectivity index (χ2v) is 7.70. The van der Waals surface area contributed by atoms with Gasteiger partial charge in [0.05, 0.1) is 0 Å². The zero-order valence-electron chi connectivity index (χ0n) is 13.6. The number of nitrogens with zero attached hydrogens (tertiary/aromatic N) is 1. The van der Waals surface area contributed by atoms with Crippen molar-refractivity contribution in [2.24, 2.45) is 0 Å². The van der Waals surface area contributed by atoms with E-state index in [0.29, 0.717) is 13.1 Å². The van der Waals surface area contributed by atoms with Gasteiger partial charge >= 0.3 is 0 Å². The smallest absolute Gasteiger partial charge is 0.279 e. The molecule has 1 aliphatic rings. The predicted molar refractivity (Wildman–Crippen MR) is 88.2 cm³/mol. The number of ether oxygens (including phenoxy) is 1. The second kappa shape index (κ2) is 7.44. The molecule has 5 nitrogen and oxygen atoms in total. The number of benzene rings is 1. The number of nitrogens with one attached hydrogen (secondary N) is 1.